The van der Waals surface area contributed by atoms with Gasteiger partial charge in [-0.1, -0.05) is 19.3 Å². The van der Waals surface area contributed by atoms with Crippen LogP contribution in [0.1, 0.15) is 45.4 Å². The number of carbonyl (C=O) groups is 2. The minimum atomic E-state index is -0.286. The maximum Gasteiger partial charge on any atom is 0.228 e. The van der Waals surface area contributed by atoms with Crippen LogP contribution in [0.25, 0.3) is 0 Å². The maximum atomic E-state index is 13.1. The lowest BCUT2D eigenvalue weighted by Gasteiger charge is -2.35. The third-order valence-electron chi connectivity index (χ3n) is 5.79. The second-order valence-electron chi connectivity index (χ2n) is 7.36. The number of anilines is 1. The van der Waals surface area contributed by atoms with E-state index in [1.54, 1.807) is 31.3 Å². The fraction of sp³-hybridized carbons (Fsp3) is 0.619. The van der Waals surface area contributed by atoms with Crippen molar-refractivity contribution in [1.29, 1.82) is 0 Å². The molecule has 6 heteroatoms. The van der Waals surface area contributed by atoms with Crippen LogP contribution in [-0.2, 0) is 9.59 Å². The van der Waals surface area contributed by atoms with Gasteiger partial charge in [-0.15, -0.1) is 0 Å². The minimum Gasteiger partial charge on any atom is -0.497 e. The summed E-state index contributed by atoms with van der Waals surface area (Å²) < 4.78 is 10.7. The molecule has 1 heterocycles. The quantitative estimate of drug-likeness (QED) is 0.767. The molecular formula is C21H30N2O4. The molecule has 1 saturated heterocycles. The molecule has 0 bridgehead atoms. The Morgan fingerprint density at radius 2 is 1.93 bits per heavy atom. The maximum absolute atomic E-state index is 13.1. The van der Waals surface area contributed by atoms with Gasteiger partial charge in [0.15, 0.2) is 0 Å². The van der Waals surface area contributed by atoms with Gasteiger partial charge in [0.05, 0.1) is 25.8 Å². The van der Waals surface area contributed by atoms with Crippen LogP contribution < -0.4 is 14.4 Å². The summed E-state index contributed by atoms with van der Waals surface area (Å²) in [6.45, 7) is 3.15. The summed E-state index contributed by atoms with van der Waals surface area (Å²) in [5.74, 6) is 1.05. The molecule has 0 unspecified atom stereocenters. The molecule has 27 heavy (non-hydrogen) atoms. The Balaban J connectivity index is 1.75. The van der Waals surface area contributed by atoms with E-state index < -0.39 is 0 Å². The molecule has 0 radical (unpaired) electrons. The lowest BCUT2D eigenvalue weighted by Crippen LogP contribution is -2.45. The Bertz CT molecular complexity index is 685. The van der Waals surface area contributed by atoms with Crippen LogP contribution in [0.3, 0.4) is 0 Å². The first-order valence-electron chi connectivity index (χ1n) is 9.91. The second-order valence-corrected chi connectivity index (χ2v) is 7.36. The average molecular weight is 374 g/mol. The number of rotatable bonds is 6. The Labute approximate surface area is 161 Å². The molecule has 2 amide bonds. The Hall–Kier alpha value is -2.24. The highest BCUT2D eigenvalue weighted by Crippen LogP contribution is 2.36. The van der Waals surface area contributed by atoms with Crippen molar-refractivity contribution in [3.05, 3.63) is 18.2 Å². The summed E-state index contributed by atoms with van der Waals surface area (Å²) in [4.78, 5) is 29.5. The lowest BCUT2D eigenvalue weighted by molar-refractivity contribution is -0.138. The van der Waals surface area contributed by atoms with Gasteiger partial charge in [-0.05, 0) is 31.9 Å². The highest BCUT2D eigenvalue weighted by molar-refractivity contribution is 6.01. The Morgan fingerprint density at radius 3 is 2.56 bits per heavy atom. The smallest absolute Gasteiger partial charge is 0.228 e. The van der Waals surface area contributed by atoms with Crippen LogP contribution in [0.15, 0.2) is 18.2 Å². The fourth-order valence-corrected chi connectivity index (χ4v) is 4.33. The zero-order chi connectivity index (χ0) is 19.4. The van der Waals surface area contributed by atoms with Crippen LogP contribution in [0.5, 0.6) is 11.5 Å². The number of carbonyl (C=O) groups excluding carboxylic acids is 2. The number of hydrogen-bond acceptors (Lipinski definition) is 4. The molecule has 1 aromatic carbocycles. The van der Waals surface area contributed by atoms with E-state index in [0.717, 1.165) is 12.8 Å². The summed E-state index contributed by atoms with van der Waals surface area (Å²) in [6, 6.07) is 5.72. The van der Waals surface area contributed by atoms with Crippen LogP contribution >= 0.6 is 0 Å². The van der Waals surface area contributed by atoms with E-state index in [0.29, 0.717) is 36.3 Å². The molecule has 2 aliphatic rings. The summed E-state index contributed by atoms with van der Waals surface area (Å²) in [5, 5.41) is 0. The molecular weight excluding hydrogens is 344 g/mol. The molecule has 1 saturated carbocycles. The highest BCUT2D eigenvalue weighted by Gasteiger charge is 2.39. The van der Waals surface area contributed by atoms with Gasteiger partial charge >= 0.3 is 0 Å². The molecule has 148 valence electrons. The number of nitrogens with zero attached hydrogens (tertiary/aromatic N) is 2. The number of hydrogen-bond donors (Lipinski definition) is 0. The van der Waals surface area contributed by atoms with Crippen molar-refractivity contribution in [2.24, 2.45) is 5.92 Å². The van der Waals surface area contributed by atoms with Crippen molar-refractivity contribution in [3.63, 3.8) is 0 Å². The molecule has 1 aliphatic carbocycles. The van der Waals surface area contributed by atoms with Crippen molar-refractivity contribution < 1.29 is 19.1 Å². The van der Waals surface area contributed by atoms with Gasteiger partial charge in [0.25, 0.3) is 0 Å². The van der Waals surface area contributed by atoms with E-state index in [9.17, 15) is 9.59 Å². The van der Waals surface area contributed by atoms with Gasteiger partial charge in [0.1, 0.15) is 11.5 Å². The monoisotopic (exact) mass is 374 g/mol. The second kappa shape index (κ2) is 8.63. The molecule has 0 aromatic heterocycles. The first-order valence-corrected chi connectivity index (χ1v) is 9.91. The van der Waals surface area contributed by atoms with Gasteiger partial charge in [0, 0.05) is 31.6 Å². The minimum absolute atomic E-state index is 0.0310. The first-order chi connectivity index (χ1) is 13.1. The van der Waals surface area contributed by atoms with Crippen molar-refractivity contribution >= 4 is 17.5 Å². The largest absolute Gasteiger partial charge is 0.497 e. The number of methoxy groups -OCH3 is 2. The summed E-state index contributed by atoms with van der Waals surface area (Å²) >= 11 is 0. The number of amides is 2. The van der Waals surface area contributed by atoms with E-state index in [1.165, 1.54) is 19.3 Å². The fourth-order valence-electron chi connectivity index (χ4n) is 4.33. The van der Waals surface area contributed by atoms with Gasteiger partial charge < -0.3 is 19.3 Å². The van der Waals surface area contributed by atoms with E-state index in [4.69, 9.17) is 9.47 Å². The molecule has 0 spiro atoms. The van der Waals surface area contributed by atoms with E-state index >= 15 is 0 Å². The summed E-state index contributed by atoms with van der Waals surface area (Å²) in [7, 11) is 3.16. The van der Waals surface area contributed by atoms with E-state index in [2.05, 4.69) is 0 Å². The standard InChI is InChI=1S/C21H30N2O4/c1-4-22(16-8-6-5-7-9-16)21(25)15-12-20(24)23(14-15)18-11-10-17(26-2)13-19(18)27-3/h10-11,13,15-16H,4-9,12,14H2,1-3H3/t15-/m1/s1. The molecule has 3 rings (SSSR count). The van der Waals surface area contributed by atoms with Crippen molar-refractivity contribution in [2.45, 2.75) is 51.5 Å². The predicted octanol–water partition coefficient (Wildman–Crippen LogP) is 3.24. The molecule has 0 N–H and O–H groups in total. The molecule has 1 atom stereocenters. The zero-order valence-electron chi connectivity index (χ0n) is 16.6. The third kappa shape index (κ3) is 4.04. The van der Waals surface area contributed by atoms with Gasteiger partial charge in [-0.25, -0.2) is 0 Å². The Kier molecular flexibility index (Phi) is 6.24. The number of ether oxygens (including phenoxy) is 2. The molecule has 2 fully saturated rings. The van der Waals surface area contributed by atoms with Gasteiger partial charge in [-0.3, -0.25) is 9.59 Å². The molecule has 1 aliphatic heterocycles. The van der Waals surface area contributed by atoms with Gasteiger partial charge in [-0.2, -0.15) is 0 Å². The Morgan fingerprint density at radius 1 is 1.19 bits per heavy atom. The molecule has 6 nitrogen and oxygen atoms in total. The predicted molar refractivity (Wildman–Crippen MR) is 104 cm³/mol. The topological polar surface area (TPSA) is 59.1 Å². The summed E-state index contributed by atoms with van der Waals surface area (Å²) in [5.41, 5.74) is 0.694. The lowest BCUT2D eigenvalue weighted by atomic mass is 9.93. The SMILES string of the molecule is CCN(C(=O)[C@@H]1CC(=O)N(c2ccc(OC)cc2OC)C1)C1CCCCC1. The summed E-state index contributed by atoms with van der Waals surface area (Å²) in [6.07, 6.45) is 6.05. The first kappa shape index (κ1) is 19.5. The third-order valence-corrected chi connectivity index (χ3v) is 5.79. The van der Waals surface area contributed by atoms with Crippen molar-refractivity contribution in [3.8, 4) is 11.5 Å². The van der Waals surface area contributed by atoms with E-state index in [1.807, 2.05) is 17.9 Å². The van der Waals surface area contributed by atoms with Crippen molar-refractivity contribution in [2.75, 3.05) is 32.2 Å². The van der Waals surface area contributed by atoms with Crippen LogP contribution in [-0.4, -0.2) is 50.1 Å². The van der Waals surface area contributed by atoms with Crippen LogP contribution in [0.4, 0.5) is 5.69 Å². The van der Waals surface area contributed by atoms with E-state index in [-0.39, 0.29) is 24.2 Å². The zero-order valence-corrected chi connectivity index (χ0v) is 16.6. The molecule has 1 aromatic rings. The van der Waals surface area contributed by atoms with Crippen molar-refractivity contribution in [1.82, 2.24) is 4.90 Å². The highest BCUT2D eigenvalue weighted by atomic mass is 16.5. The van der Waals surface area contributed by atoms with Gasteiger partial charge in [0.2, 0.25) is 11.8 Å². The normalized spacial score (nSPS) is 20.6. The van der Waals surface area contributed by atoms with Crippen LogP contribution in [0, 0.1) is 5.92 Å². The van der Waals surface area contributed by atoms with Crippen LogP contribution in [0.2, 0.25) is 0 Å². The average Bonchev–Trinajstić information content (AvgIpc) is 3.10. The number of benzene rings is 1.